The Morgan fingerprint density at radius 1 is 0.963 bits per heavy atom. The van der Waals surface area contributed by atoms with E-state index in [1.807, 2.05) is 19.9 Å². The fourth-order valence-electron chi connectivity index (χ4n) is 2.66. The quantitative estimate of drug-likeness (QED) is 0.672. The third kappa shape index (κ3) is 3.85. The Morgan fingerprint density at radius 2 is 1.63 bits per heavy atom. The van der Waals surface area contributed by atoms with Crippen LogP contribution in [0.2, 0.25) is 0 Å². The predicted octanol–water partition coefficient (Wildman–Crippen LogP) is 3.82. The molecule has 0 fully saturated rings. The summed E-state index contributed by atoms with van der Waals surface area (Å²) < 4.78 is 52.9. The molecule has 0 amide bonds. The normalized spacial score (nSPS) is 12.4. The monoisotopic (exact) mass is 424 g/mol. The molecule has 0 aliphatic carbocycles. The van der Waals surface area contributed by atoms with Crippen molar-refractivity contribution in [1.82, 2.24) is 4.98 Å². The third-order valence-electron chi connectivity index (χ3n) is 4.35. The van der Waals surface area contributed by atoms with Crippen LogP contribution < -0.4 is 4.72 Å². The minimum atomic E-state index is -3.76. The smallest absolute Gasteiger partial charge is 0.262 e. The van der Waals surface area contributed by atoms with Crippen LogP contribution in [0.5, 0.6) is 0 Å². The van der Waals surface area contributed by atoms with Gasteiger partial charge >= 0.3 is 0 Å². The van der Waals surface area contributed by atoms with Crippen LogP contribution in [-0.2, 0) is 19.9 Å². The number of thiazole rings is 1. The van der Waals surface area contributed by atoms with Gasteiger partial charge in [-0.1, -0.05) is 13.0 Å². The highest BCUT2D eigenvalue weighted by atomic mass is 32.2. The first-order valence-electron chi connectivity index (χ1n) is 8.27. The van der Waals surface area contributed by atoms with Gasteiger partial charge in [0.15, 0.2) is 0 Å². The molecule has 1 heterocycles. The van der Waals surface area contributed by atoms with E-state index >= 15 is 0 Å². The summed E-state index contributed by atoms with van der Waals surface area (Å²) in [5.74, 6) is -0.0294. The Balaban J connectivity index is 2.00. The molecular formula is C18H20N2O4S3. The lowest BCUT2D eigenvalue weighted by Gasteiger charge is -2.12. The Morgan fingerprint density at radius 3 is 2.30 bits per heavy atom. The number of sulfone groups is 1. The molecule has 0 saturated carbocycles. The standard InChI is InChI=1S/C18H20N2O4S3/c1-5-26(21,22)18-19-15-7-6-14(10-16(15)25-18)20-27(23,24)17-9-12(3)11(2)8-13(17)4/h6-10,20H,5H2,1-4H3. The van der Waals surface area contributed by atoms with Crippen molar-refractivity contribution in [2.45, 2.75) is 36.9 Å². The molecule has 0 aliphatic rings. The zero-order chi connectivity index (χ0) is 20.0. The summed E-state index contributed by atoms with van der Waals surface area (Å²) in [6.45, 7) is 7.13. The molecule has 0 atom stereocenters. The second-order valence-electron chi connectivity index (χ2n) is 6.37. The molecule has 0 saturated heterocycles. The Kier molecular flexibility index (Phi) is 5.04. The molecule has 6 nitrogen and oxygen atoms in total. The van der Waals surface area contributed by atoms with Crippen molar-refractivity contribution in [3.63, 3.8) is 0 Å². The fourth-order valence-corrected chi connectivity index (χ4v) is 6.37. The molecule has 0 unspecified atom stereocenters. The Hall–Kier alpha value is -1.97. The summed E-state index contributed by atoms with van der Waals surface area (Å²) >= 11 is 1.04. The lowest BCUT2D eigenvalue weighted by atomic mass is 10.1. The number of hydrogen-bond acceptors (Lipinski definition) is 6. The molecule has 2 aromatic carbocycles. The van der Waals surface area contributed by atoms with E-state index in [-0.39, 0.29) is 15.0 Å². The van der Waals surface area contributed by atoms with Crippen LogP contribution in [0.4, 0.5) is 5.69 Å². The van der Waals surface area contributed by atoms with Crippen LogP contribution in [0.25, 0.3) is 10.2 Å². The van der Waals surface area contributed by atoms with Crippen molar-refractivity contribution < 1.29 is 16.8 Å². The minimum Gasteiger partial charge on any atom is -0.280 e. The van der Waals surface area contributed by atoms with E-state index < -0.39 is 19.9 Å². The minimum absolute atomic E-state index is 0.0294. The molecule has 0 radical (unpaired) electrons. The van der Waals surface area contributed by atoms with Gasteiger partial charge in [-0.15, -0.1) is 11.3 Å². The number of fused-ring (bicyclic) bond motifs is 1. The van der Waals surface area contributed by atoms with Gasteiger partial charge in [0.1, 0.15) is 0 Å². The van der Waals surface area contributed by atoms with Crippen molar-refractivity contribution >= 4 is 47.1 Å². The summed E-state index contributed by atoms with van der Waals surface area (Å²) in [7, 11) is -7.16. The maximum absolute atomic E-state index is 12.8. The van der Waals surface area contributed by atoms with Crippen LogP contribution in [-0.4, -0.2) is 27.6 Å². The Labute approximate surface area is 163 Å². The topological polar surface area (TPSA) is 93.2 Å². The molecule has 3 aromatic rings. The maximum atomic E-state index is 12.8. The summed E-state index contributed by atoms with van der Waals surface area (Å²) in [4.78, 5) is 4.37. The highest BCUT2D eigenvalue weighted by Crippen LogP contribution is 2.30. The number of hydrogen-bond donors (Lipinski definition) is 1. The van der Waals surface area contributed by atoms with E-state index in [2.05, 4.69) is 9.71 Å². The van der Waals surface area contributed by atoms with Crippen molar-refractivity contribution in [2.24, 2.45) is 0 Å². The van der Waals surface area contributed by atoms with Gasteiger partial charge in [0.2, 0.25) is 14.2 Å². The van der Waals surface area contributed by atoms with Gasteiger partial charge in [0.25, 0.3) is 10.0 Å². The van der Waals surface area contributed by atoms with Crippen molar-refractivity contribution in [3.05, 3.63) is 47.0 Å². The molecule has 3 rings (SSSR count). The SMILES string of the molecule is CCS(=O)(=O)c1nc2ccc(NS(=O)(=O)c3cc(C)c(C)cc3C)cc2s1. The zero-order valence-corrected chi connectivity index (χ0v) is 17.8. The highest BCUT2D eigenvalue weighted by Gasteiger charge is 2.20. The second kappa shape index (κ2) is 6.88. The number of rotatable bonds is 5. The van der Waals surface area contributed by atoms with Gasteiger partial charge in [-0.05, 0) is 61.7 Å². The average Bonchev–Trinajstić information content (AvgIpc) is 3.01. The van der Waals surface area contributed by atoms with Gasteiger partial charge in [0.05, 0.1) is 26.6 Å². The van der Waals surface area contributed by atoms with Crippen molar-refractivity contribution in [1.29, 1.82) is 0 Å². The van der Waals surface area contributed by atoms with Crippen LogP contribution >= 0.6 is 11.3 Å². The number of benzene rings is 2. The van der Waals surface area contributed by atoms with E-state index in [9.17, 15) is 16.8 Å². The molecule has 0 bridgehead atoms. The van der Waals surface area contributed by atoms with Crippen LogP contribution in [0.15, 0.2) is 39.6 Å². The van der Waals surface area contributed by atoms with Crippen LogP contribution in [0.3, 0.4) is 0 Å². The highest BCUT2D eigenvalue weighted by molar-refractivity contribution is 7.93. The molecule has 144 valence electrons. The van der Waals surface area contributed by atoms with Gasteiger partial charge in [-0.2, -0.15) is 0 Å². The number of aromatic nitrogens is 1. The molecule has 27 heavy (non-hydrogen) atoms. The lowest BCUT2D eigenvalue weighted by molar-refractivity contribution is 0.596. The molecule has 1 aromatic heterocycles. The maximum Gasteiger partial charge on any atom is 0.262 e. The van der Waals surface area contributed by atoms with Crippen molar-refractivity contribution in [2.75, 3.05) is 10.5 Å². The average molecular weight is 425 g/mol. The second-order valence-corrected chi connectivity index (χ2v) is 11.5. The summed E-state index contributed by atoms with van der Waals surface area (Å²) in [5.41, 5.74) is 3.48. The van der Waals surface area contributed by atoms with E-state index in [0.717, 1.165) is 22.5 Å². The van der Waals surface area contributed by atoms with Crippen molar-refractivity contribution in [3.8, 4) is 0 Å². The number of sulfonamides is 1. The van der Waals surface area contributed by atoms with E-state index in [1.165, 1.54) is 0 Å². The molecular weight excluding hydrogens is 404 g/mol. The van der Waals surface area contributed by atoms with Gasteiger partial charge in [-0.3, -0.25) is 4.72 Å². The summed E-state index contributed by atoms with van der Waals surface area (Å²) in [6.07, 6.45) is 0. The first-order valence-corrected chi connectivity index (χ1v) is 12.2. The van der Waals surface area contributed by atoms with E-state index in [4.69, 9.17) is 0 Å². The first kappa shape index (κ1) is 19.8. The van der Waals surface area contributed by atoms with Crippen LogP contribution in [0.1, 0.15) is 23.6 Å². The zero-order valence-electron chi connectivity index (χ0n) is 15.4. The molecule has 0 spiro atoms. The lowest BCUT2D eigenvalue weighted by Crippen LogP contribution is -2.14. The predicted molar refractivity (Wildman–Crippen MR) is 109 cm³/mol. The molecule has 1 N–H and O–H groups in total. The van der Waals surface area contributed by atoms with Gasteiger partial charge in [0, 0.05) is 0 Å². The van der Waals surface area contributed by atoms with E-state index in [1.54, 1.807) is 38.1 Å². The van der Waals surface area contributed by atoms with Gasteiger partial charge in [-0.25, -0.2) is 21.8 Å². The fraction of sp³-hybridized carbons (Fsp3) is 0.278. The number of aryl methyl sites for hydroxylation is 3. The van der Waals surface area contributed by atoms with Crippen LogP contribution in [0, 0.1) is 20.8 Å². The van der Waals surface area contributed by atoms with E-state index in [0.29, 0.717) is 21.5 Å². The number of nitrogens with zero attached hydrogens (tertiary/aromatic N) is 1. The number of nitrogens with one attached hydrogen (secondary N) is 1. The van der Waals surface area contributed by atoms with Gasteiger partial charge < -0.3 is 0 Å². The molecule has 9 heteroatoms. The largest absolute Gasteiger partial charge is 0.280 e. The Bertz CT molecular complexity index is 1240. The summed E-state index contributed by atoms with van der Waals surface area (Å²) in [5, 5.41) is 0. The molecule has 0 aliphatic heterocycles. The number of anilines is 1. The summed E-state index contributed by atoms with van der Waals surface area (Å²) in [6, 6.07) is 8.31. The first-order chi connectivity index (χ1) is 12.5. The third-order valence-corrected chi connectivity index (χ3v) is 9.08.